The lowest BCUT2D eigenvalue weighted by atomic mass is 10.0. The average Bonchev–Trinajstić information content (AvgIpc) is 2.35. The Labute approximate surface area is 120 Å². The van der Waals surface area contributed by atoms with E-state index in [1.165, 1.54) is 7.11 Å². The highest BCUT2D eigenvalue weighted by Crippen LogP contribution is 2.07. The summed E-state index contributed by atoms with van der Waals surface area (Å²) in [6.45, 7) is 7.84. The Hall–Kier alpha value is -1.59. The molecule has 0 saturated heterocycles. The number of carbonyl (C=O) groups is 3. The number of hydrogen-bond donors (Lipinski definition) is 2. The summed E-state index contributed by atoms with van der Waals surface area (Å²) in [7, 11) is 1.24. The molecule has 0 aromatic rings. The van der Waals surface area contributed by atoms with Gasteiger partial charge in [-0.1, -0.05) is 27.7 Å². The fourth-order valence-electron chi connectivity index (χ4n) is 1.84. The van der Waals surface area contributed by atoms with Crippen LogP contribution in [0.5, 0.6) is 0 Å². The lowest BCUT2D eigenvalue weighted by molar-refractivity contribution is -0.126. The zero-order valence-electron chi connectivity index (χ0n) is 12.9. The molecule has 2 atom stereocenters. The lowest BCUT2D eigenvalue weighted by Gasteiger charge is -2.22. The molecule has 0 aliphatic rings. The van der Waals surface area contributed by atoms with Gasteiger partial charge in [-0.15, -0.1) is 0 Å². The van der Waals surface area contributed by atoms with E-state index in [0.29, 0.717) is 18.8 Å². The Morgan fingerprint density at radius 1 is 1.05 bits per heavy atom. The predicted molar refractivity (Wildman–Crippen MR) is 76.2 cm³/mol. The van der Waals surface area contributed by atoms with Gasteiger partial charge in [-0.2, -0.15) is 0 Å². The van der Waals surface area contributed by atoms with Crippen LogP contribution in [0.1, 0.15) is 40.5 Å². The first kappa shape index (κ1) is 18.4. The van der Waals surface area contributed by atoms with Crippen molar-refractivity contribution < 1.29 is 19.1 Å². The largest absolute Gasteiger partial charge is 0.453 e. The Morgan fingerprint density at radius 2 is 1.60 bits per heavy atom. The SMILES string of the molecule is COC(=O)N[C@@H](CC(C)C)C(=O)N[C@H](C=O)CC(C)C. The van der Waals surface area contributed by atoms with Gasteiger partial charge in [0.15, 0.2) is 0 Å². The van der Waals surface area contributed by atoms with E-state index in [1.54, 1.807) is 0 Å². The number of aldehydes is 1. The molecule has 6 heteroatoms. The number of ether oxygens (including phenoxy) is 1. The molecule has 0 aromatic carbocycles. The number of amides is 2. The number of carbonyl (C=O) groups excluding carboxylic acids is 3. The average molecular weight is 286 g/mol. The van der Waals surface area contributed by atoms with Gasteiger partial charge >= 0.3 is 6.09 Å². The molecule has 0 heterocycles. The maximum atomic E-state index is 12.1. The van der Waals surface area contributed by atoms with Crippen LogP contribution in [-0.2, 0) is 14.3 Å². The van der Waals surface area contributed by atoms with Crippen molar-refractivity contribution in [2.45, 2.75) is 52.6 Å². The molecule has 6 nitrogen and oxygen atoms in total. The van der Waals surface area contributed by atoms with Crippen molar-refractivity contribution >= 4 is 18.3 Å². The Kier molecular flexibility index (Phi) is 8.59. The second kappa shape index (κ2) is 9.34. The third-order valence-corrected chi connectivity index (χ3v) is 2.72. The number of rotatable bonds is 8. The third-order valence-electron chi connectivity index (χ3n) is 2.72. The van der Waals surface area contributed by atoms with E-state index in [-0.39, 0.29) is 11.8 Å². The van der Waals surface area contributed by atoms with Crippen molar-refractivity contribution in [2.24, 2.45) is 11.8 Å². The number of alkyl carbamates (subject to hydrolysis) is 1. The smallest absolute Gasteiger partial charge is 0.407 e. The van der Waals surface area contributed by atoms with E-state index in [9.17, 15) is 14.4 Å². The van der Waals surface area contributed by atoms with Gasteiger partial charge in [0.05, 0.1) is 13.2 Å². The minimum Gasteiger partial charge on any atom is -0.453 e. The second-order valence-corrected chi connectivity index (χ2v) is 5.70. The quantitative estimate of drug-likeness (QED) is 0.662. The fraction of sp³-hybridized carbons (Fsp3) is 0.786. The van der Waals surface area contributed by atoms with Crippen molar-refractivity contribution in [3.8, 4) is 0 Å². The summed E-state index contributed by atoms with van der Waals surface area (Å²) < 4.78 is 4.51. The summed E-state index contributed by atoms with van der Waals surface area (Å²) in [5.74, 6) is 0.159. The molecule has 0 aromatic heterocycles. The summed E-state index contributed by atoms with van der Waals surface area (Å²) in [6, 6.07) is -1.23. The molecule has 0 unspecified atom stereocenters. The summed E-state index contributed by atoms with van der Waals surface area (Å²) in [6.07, 6.45) is 1.12. The highest BCUT2D eigenvalue weighted by atomic mass is 16.5. The molecule has 0 aliphatic heterocycles. The van der Waals surface area contributed by atoms with Crippen LogP contribution >= 0.6 is 0 Å². The summed E-state index contributed by atoms with van der Waals surface area (Å²) in [5, 5.41) is 5.15. The molecular formula is C14H26N2O4. The monoisotopic (exact) mass is 286 g/mol. The second-order valence-electron chi connectivity index (χ2n) is 5.70. The first-order valence-electron chi connectivity index (χ1n) is 6.90. The van der Waals surface area contributed by atoms with Crippen molar-refractivity contribution in [3.05, 3.63) is 0 Å². The normalized spacial score (nSPS) is 13.8. The van der Waals surface area contributed by atoms with E-state index >= 15 is 0 Å². The van der Waals surface area contributed by atoms with E-state index in [0.717, 1.165) is 6.29 Å². The molecule has 0 bridgehead atoms. The van der Waals surface area contributed by atoms with Gasteiger partial charge in [-0.25, -0.2) is 4.79 Å². The van der Waals surface area contributed by atoms with Crippen LogP contribution in [0.25, 0.3) is 0 Å². The van der Waals surface area contributed by atoms with Gasteiger partial charge in [-0.05, 0) is 24.7 Å². The zero-order valence-corrected chi connectivity index (χ0v) is 12.9. The van der Waals surface area contributed by atoms with E-state index < -0.39 is 18.2 Å². The zero-order chi connectivity index (χ0) is 15.7. The Bertz CT molecular complexity index is 329. The van der Waals surface area contributed by atoms with Gasteiger partial charge < -0.3 is 20.2 Å². The number of methoxy groups -OCH3 is 1. The summed E-state index contributed by atoms with van der Waals surface area (Å²) in [4.78, 5) is 34.4. The van der Waals surface area contributed by atoms with Crippen LogP contribution in [0.2, 0.25) is 0 Å². The highest BCUT2D eigenvalue weighted by molar-refractivity contribution is 5.87. The number of nitrogens with one attached hydrogen (secondary N) is 2. The van der Waals surface area contributed by atoms with Gasteiger partial charge in [0.25, 0.3) is 0 Å². The maximum Gasteiger partial charge on any atom is 0.407 e. The number of hydrogen-bond acceptors (Lipinski definition) is 4. The Balaban J connectivity index is 4.66. The van der Waals surface area contributed by atoms with Gasteiger partial charge in [0.2, 0.25) is 5.91 Å². The van der Waals surface area contributed by atoms with Crippen LogP contribution in [0.4, 0.5) is 4.79 Å². The lowest BCUT2D eigenvalue weighted by Crippen LogP contribution is -2.50. The molecule has 0 aliphatic carbocycles. The fourth-order valence-corrected chi connectivity index (χ4v) is 1.84. The van der Waals surface area contributed by atoms with Crippen molar-refractivity contribution in [3.63, 3.8) is 0 Å². The van der Waals surface area contributed by atoms with Crippen molar-refractivity contribution in [2.75, 3.05) is 7.11 Å². The van der Waals surface area contributed by atoms with Crippen LogP contribution < -0.4 is 10.6 Å². The summed E-state index contributed by atoms with van der Waals surface area (Å²) in [5.41, 5.74) is 0. The minimum absolute atomic E-state index is 0.225. The standard InChI is InChI=1S/C14H26N2O4/c1-9(2)6-11(8-17)15-13(18)12(7-10(3)4)16-14(19)20-5/h8-12H,6-7H2,1-5H3,(H,15,18)(H,16,19)/t11-,12-/m0/s1. The van der Waals surface area contributed by atoms with Gasteiger partial charge in [-0.3, -0.25) is 4.79 Å². The molecule has 0 spiro atoms. The van der Waals surface area contributed by atoms with Crippen LogP contribution in [0, 0.1) is 11.8 Å². The molecule has 0 rings (SSSR count). The van der Waals surface area contributed by atoms with E-state index in [1.807, 2.05) is 27.7 Å². The van der Waals surface area contributed by atoms with Crippen molar-refractivity contribution in [1.29, 1.82) is 0 Å². The van der Waals surface area contributed by atoms with Gasteiger partial charge in [0, 0.05) is 0 Å². The van der Waals surface area contributed by atoms with Crippen LogP contribution in [0.15, 0.2) is 0 Å². The summed E-state index contributed by atoms with van der Waals surface area (Å²) >= 11 is 0. The first-order valence-corrected chi connectivity index (χ1v) is 6.90. The van der Waals surface area contributed by atoms with Crippen LogP contribution in [-0.4, -0.2) is 37.5 Å². The van der Waals surface area contributed by atoms with Gasteiger partial charge in [0.1, 0.15) is 12.3 Å². The maximum absolute atomic E-state index is 12.1. The topological polar surface area (TPSA) is 84.5 Å². The molecule has 20 heavy (non-hydrogen) atoms. The molecule has 2 amide bonds. The van der Waals surface area contributed by atoms with Crippen LogP contribution in [0.3, 0.4) is 0 Å². The molecule has 0 radical (unpaired) electrons. The first-order chi connectivity index (χ1) is 9.29. The third kappa shape index (κ3) is 7.76. The molecular weight excluding hydrogens is 260 g/mol. The highest BCUT2D eigenvalue weighted by Gasteiger charge is 2.24. The molecule has 2 N–H and O–H groups in total. The Morgan fingerprint density at radius 3 is 2.00 bits per heavy atom. The minimum atomic E-state index is -0.697. The molecule has 0 fully saturated rings. The van der Waals surface area contributed by atoms with E-state index in [4.69, 9.17) is 0 Å². The predicted octanol–water partition coefficient (Wildman–Crippen LogP) is 1.49. The van der Waals surface area contributed by atoms with E-state index in [2.05, 4.69) is 15.4 Å². The molecule has 0 saturated carbocycles. The van der Waals surface area contributed by atoms with Crippen molar-refractivity contribution in [1.82, 2.24) is 10.6 Å². The molecule has 116 valence electrons.